The van der Waals surface area contributed by atoms with Crippen molar-refractivity contribution in [3.8, 4) is 11.4 Å². The van der Waals surface area contributed by atoms with E-state index >= 15 is 0 Å². The molecule has 0 unspecified atom stereocenters. The van der Waals surface area contributed by atoms with Gasteiger partial charge in [-0.25, -0.2) is 4.98 Å². The lowest BCUT2D eigenvalue weighted by Crippen LogP contribution is -2.45. The van der Waals surface area contributed by atoms with Gasteiger partial charge >= 0.3 is 0 Å². The van der Waals surface area contributed by atoms with E-state index in [2.05, 4.69) is 20.5 Å². The summed E-state index contributed by atoms with van der Waals surface area (Å²) in [5.41, 5.74) is 6.32. The highest BCUT2D eigenvalue weighted by Crippen LogP contribution is 2.19. The van der Waals surface area contributed by atoms with Crippen LogP contribution in [0.15, 0.2) is 24.3 Å². The fraction of sp³-hybridized carbons (Fsp3) is 0.308. The molecule has 100 valence electrons. The van der Waals surface area contributed by atoms with E-state index in [4.69, 9.17) is 5.73 Å². The molecule has 4 N–H and O–H groups in total. The number of anilines is 1. The van der Waals surface area contributed by atoms with Crippen LogP contribution in [0.25, 0.3) is 11.4 Å². The number of nitrogens with one attached hydrogen (secondary N) is 2. The summed E-state index contributed by atoms with van der Waals surface area (Å²) in [5, 5.41) is 9.63. The Balaban J connectivity index is 2.23. The van der Waals surface area contributed by atoms with Crippen molar-refractivity contribution in [3.05, 3.63) is 30.1 Å². The Morgan fingerprint density at radius 3 is 2.74 bits per heavy atom. The fourth-order valence-corrected chi connectivity index (χ4v) is 1.50. The normalized spacial score (nSPS) is 11.4. The SMILES string of the molecule is Cc1nc(-c2cccc(NC(=O)C(C)(C)N)c2)n[nH]1. The Bertz CT molecular complexity index is 597. The predicted molar refractivity (Wildman–Crippen MR) is 73.5 cm³/mol. The summed E-state index contributed by atoms with van der Waals surface area (Å²) < 4.78 is 0. The second kappa shape index (κ2) is 4.81. The minimum absolute atomic E-state index is 0.240. The van der Waals surface area contributed by atoms with Gasteiger partial charge in [0.15, 0.2) is 5.82 Å². The third-order valence-electron chi connectivity index (χ3n) is 2.56. The average Bonchev–Trinajstić information content (AvgIpc) is 2.75. The van der Waals surface area contributed by atoms with E-state index in [1.807, 2.05) is 25.1 Å². The number of nitrogens with two attached hydrogens (primary N) is 1. The molecule has 2 aromatic rings. The number of aryl methyl sites for hydroxylation is 1. The van der Waals surface area contributed by atoms with Gasteiger partial charge in [0, 0.05) is 11.3 Å². The molecule has 0 aliphatic heterocycles. The molecule has 0 radical (unpaired) electrons. The second-order valence-corrected chi connectivity index (χ2v) is 5.00. The van der Waals surface area contributed by atoms with Gasteiger partial charge in [-0.05, 0) is 32.9 Å². The lowest BCUT2D eigenvalue weighted by Gasteiger charge is -2.17. The molecule has 0 aliphatic rings. The van der Waals surface area contributed by atoms with Crippen LogP contribution in [0.1, 0.15) is 19.7 Å². The Labute approximate surface area is 111 Å². The van der Waals surface area contributed by atoms with E-state index in [1.54, 1.807) is 19.9 Å². The van der Waals surface area contributed by atoms with Gasteiger partial charge in [-0.1, -0.05) is 12.1 Å². The van der Waals surface area contributed by atoms with Crippen molar-refractivity contribution in [2.45, 2.75) is 26.3 Å². The number of carbonyl (C=O) groups excluding carboxylic acids is 1. The third-order valence-corrected chi connectivity index (χ3v) is 2.56. The lowest BCUT2D eigenvalue weighted by atomic mass is 10.1. The number of amides is 1. The number of hydrogen-bond acceptors (Lipinski definition) is 4. The monoisotopic (exact) mass is 259 g/mol. The van der Waals surface area contributed by atoms with E-state index < -0.39 is 5.54 Å². The zero-order valence-electron chi connectivity index (χ0n) is 11.2. The summed E-state index contributed by atoms with van der Waals surface area (Å²) in [6, 6.07) is 7.32. The van der Waals surface area contributed by atoms with Crippen LogP contribution in [0.2, 0.25) is 0 Å². The first kappa shape index (κ1) is 13.2. The van der Waals surface area contributed by atoms with Crippen LogP contribution in [0, 0.1) is 6.92 Å². The molecule has 0 saturated carbocycles. The Morgan fingerprint density at radius 2 is 2.16 bits per heavy atom. The molecule has 0 bridgehead atoms. The largest absolute Gasteiger partial charge is 0.324 e. The lowest BCUT2D eigenvalue weighted by molar-refractivity contribution is -0.120. The highest BCUT2D eigenvalue weighted by molar-refractivity contribution is 5.97. The first-order valence-electron chi connectivity index (χ1n) is 5.96. The number of benzene rings is 1. The summed E-state index contributed by atoms with van der Waals surface area (Å²) in [6.07, 6.45) is 0. The van der Waals surface area contributed by atoms with E-state index in [0.717, 1.165) is 11.4 Å². The molecule has 6 heteroatoms. The van der Waals surface area contributed by atoms with Crippen LogP contribution in [-0.2, 0) is 4.79 Å². The van der Waals surface area contributed by atoms with Gasteiger partial charge in [-0.2, -0.15) is 5.10 Å². The van der Waals surface area contributed by atoms with Crippen molar-refractivity contribution in [1.29, 1.82) is 0 Å². The highest BCUT2D eigenvalue weighted by Gasteiger charge is 2.21. The first-order valence-corrected chi connectivity index (χ1v) is 5.96. The zero-order valence-corrected chi connectivity index (χ0v) is 11.2. The summed E-state index contributed by atoms with van der Waals surface area (Å²) in [5.74, 6) is 1.10. The number of carbonyl (C=O) groups is 1. The van der Waals surface area contributed by atoms with Crippen molar-refractivity contribution in [1.82, 2.24) is 15.2 Å². The standard InChI is InChI=1S/C13H17N5O/c1-8-15-11(18-17-8)9-5-4-6-10(7-9)16-12(19)13(2,3)14/h4-7H,14H2,1-3H3,(H,16,19)(H,15,17,18). The van der Waals surface area contributed by atoms with Crippen molar-refractivity contribution >= 4 is 11.6 Å². The summed E-state index contributed by atoms with van der Waals surface area (Å²) in [7, 11) is 0. The van der Waals surface area contributed by atoms with Crippen molar-refractivity contribution in [2.24, 2.45) is 5.73 Å². The smallest absolute Gasteiger partial charge is 0.243 e. The van der Waals surface area contributed by atoms with Gasteiger partial charge in [0.25, 0.3) is 0 Å². The Morgan fingerprint density at radius 1 is 1.42 bits per heavy atom. The number of H-pyrrole nitrogens is 1. The van der Waals surface area contributed by atoms with Crippen molar-refractivity contribution in [2.75, 3.05) is 5.32 Å². The number of hydrogen-bond donors (Lipinski definition) is 3. The quantitative estimate of drug-likeness (QED) is 0.777. The van der Waals surface area contributed by atoms with Crippen LogP contribution in [0.5, 0.6) is 0 Å². The predicted octanol–water partition coefficient (Wildman–Crippen LogP) is 1.46. The summed E-state index contributed by atoms with van der Waals surface area (Å²) >= 11 is 0. The Kier molecular flexibility index (Phi) is 3.35. The molecule has 19 heavy (non-hydrogen) atoms. The van der Waals surface area contributed by atoms with Gasteiger partial charge in [0.2, 0.25) is 5.91 Å². The fourth-order valence-electron chi connectivity index (χ4n) is 1.50. The number of nitrogens with zero attached hydrogens (tertiary/aromatic N) is 2. The van der Waals surface area contributed by atoms with Gasteiger partial charge < -0.3 is 11.1 Å². The topological polar surface area (TPSA) is 96.7 Å². The maximum absolute atomic E-state index is 11.8. The van der Waals surface area contributed by atoms with Gasteiger partial charge in [-0.3, -0.25) is 9.89 Å². The van der Waals surface area contributed by atoms with Crippen molar-refractivity contribution < 1.29 is 4.79 Å². The number of aromatic amines is 1. The van der Waals surface area contributed by atoms with Crippen molar-refractivity contribution in [3.63, 3.8) is 0 Å². The van der Waals surface area contributed by atoms with Crippen LogP contribution < -0.4 is 11.1 Å². The molecule has 0 atom stereocenters. The highest BCUT2D eigenvalue weighted by atomic mass is 16.2. The molecular formula is C13H17N5O. The molecule has 0 saturated heterocycles. The molecule has 1 heterocycles. The molecule has 0 fully saturated rings. The molecular weight excluding hydrogens is 242 g/mol. The summed E-state index contributed by atoms with van der Waals surface area (Å²) in [6.45, 7) is 5.15. The van der Waals surface area contributed by atoms with Gasteiger partial charge in [0.1, 0.15) is 5.82 Å². The molecule has 0 spiro atoms. The van der Waals surface area contributed by atoms with Crippen LogP contribution >= 0.6 is 0 Å². The molecule has 1 aromatic carbocycles. The van der Waals surface area contributed by atoms with Crippen LogP contribution in [0.3, 0.4) is 0 Å². The Hall–Kier alpha value is -2.21. The molecule has 1 aromatic heterocycles. The maximum Gasteiger partial charge on any atom is 0.243 e. The van der Waals surface area contributed by atoms with Crippen LogP contribution in [0.4, 0.5) is 5.69 Å². The summed E-state index contributed by atoms with van der Waals surface area (Å²) in [4.78, 5) is 16.1. The minimum atomic E-state index is -0.919. The molecule has 0 aliphatic carbocycles. The maximum atomic E-state index is 11.8. The average molecular weight is 259 g/mol. The zero-order chi connectivity index (χ0) is 14.0. The van der Waals surface area contributed by atoms with E-state index in [-0.39, 0.29) is 5.91 Å². The van der Waals surface area contributed by atoms with E-state index in [0.29, 0.717) is 11.5 Å². The molecule has 2 rings (SSSR count). The first-order chi connectivity index (χ1) is 8.86. The number of aromatic nitrogens is 3. The van der Waals surface area contributed by atoms with E-state index in [9.17, 15) is 4.79 Å². The molecule has 6 nitrogen and oxygen atoms in total. The molecule has 1 amide bonds. The van der Waals surface area contributed by atoms with E-state index in [1.165, 1.54) is 0 Å². The minimum Gasteiger partial charge on any atom is -0.324 e. The third kappa shape index (κ3) is 3.17. The second-order valence-electron chi connectivity index (χ2n) is 5.00. The van der Waals surface area contributed by atoms with Crippen LogP contribution in [-0.4, -0.2) is 26.6 Å². The van der Waals surface area contributed by atoms with Gasteiger partial charge in [0.05, 0.1) is 5.54 Å². The number of rotatable bonds is 3. The van der Waals surface area contributed by atoms with Gasteiger partial charge in [-0.15, -0.1) is 0 Å².